The van der Waals surface area contributed by atoms with Gasteiger partial charge < -0.3 is 10.4 Å². The summed E-state index contributed by atoms with van der Waals surface area (Å²) in [5.74, 6) is 0.668. The topological polar surface area (TPSA) is 52.6 Å². The molecule has 22 heavy (non-hydrogen) atoms. The minimum atomic E-state index is -0.453. The van der Waals surface area contributed by atoms with E-state index in [0.29, 0.717) is 11.8 Å². The van der Waals surface area contributed by atoms with Crippen LogP contribution in [0.25, 0.3) is 0 Å². The average Bonchev–Trinajstić information content (AvgIpc) is 3.25. The first kappa shape index (κ1) is 15.4. The molecule has 1 saturated carbocycles. The van der Waals surface area contributed by atoms with Crippen LogP contribution < -0.4 is 5.32 Å². The minimum Gasteiger partial charge on any atom is -0.387 e. The highest BCUT2D eigenvalue weighted by molar-refractivity contribution is 5.77. The molecule has 2 aliphatic rings. The lowest BCUT2D eigenvalue weighted by molar-refractivity contribution is -0.124. The Morgan fingerprint density at radius 3 is 2.82 bits per heavy atom. The maximum Gasteiger partial charge on any atom is 0.245 e. The number of aliphatic hydroxyl groups excluding tert-OH is 1. The highest BCUT2D eigenvalue weighted by Crippen LogP contribution is 2.41. The van der Waals surface area contributed by atoms with Gasteiger partial charge >= 0.3 is 0 Å². The first-order valence-corrected chi connectivity index (χ1v) is 7.94. The number of carbonyl (C=O) groups excluding carboxylic acids is 1. The fraction of sp³-hybridized carbons (Fsp3) is 0.588. The standard InChI is InChI=1S/C17H23FN2O2/c1-11-6-14(18)5-4-13(11)7-20-8-15(12-2-3-12)16(9-20)19-17(22)10-21/h4-6,12,15-16,21H,2-3,7-10H2,1H3,(H,19,22). The van der Waals surface area contributed by atoms with Crippen LogP contribution in [-0.4, -0.2) is 41.7 Å². The third-order valence-corrected chi connectivity index (χ3v) is 4.86. The second kappa shape index (κ2) is 6.34. The molecular formula is C17H23FN2O2. The largest absolute Gasteiger partial charge is 0.387 e. The summed E-state index contributed by atoms with van der Waals surface area (Å²) in [5, 5.41) is 11.9. The molecule has 0 radical (unpaired) electrons. The Bertz CT molecular complexity index is 560. The Morgan fingerprint density at radius 1 is 1.41 bits per heavy atom. The molecular weight excluding hydrogens is 283 g/mol. The van der Waals surface area contributed by atoms with Gasteiger partial charge in [0.2, 0.25) is 5.91 Å². The summed E-state index contributed by atoms with van der Waals surface area (Å²) in [6.07, 6.45) is 2.47. The lowest BCUT2D eigenvalue weighted by atomic mass is 9.98. The van der Waals surface area contributed by atoms with Gasteiger partial charge in [0.1, 0.15) is 12.4 Å². The summed E-state index contributed by atoms with van der Waals surface area (Å²) >= 11 is 0. The number of hydrogen-bond donors (Lipinski definition) is 2. The third-order valence-electron chi connectivity index (χ3n) is 4.86. The quantitative estimate of drug-likeness (QED) is 0.866. The molecule has 2 atom stereocenters. The highest BCUT2D eigenvalue weighted by Gasteiger charge is 2.42. The predicted molar refractivity (Wildman–Crippen MR) is 81.6 cm³/mol. The van der Waals surface area contributed by atoms with Crippen molar-refractivity contribution in [3.05, 3.63) is 35.1 Å². The molecule has 2 unspecified atom stereocenters. The molecule has 0 spiro atoms. The number of nitrogens with zero attached hydrogens (tertiary/aromatic N) is 1. The van der Waals surface area contributed by atoms with Crippen molar-refractivity contribution in [1.82, 2.24) is 10.2 Å². The van der Waals surface area contributed by atoms with Crippen LogP contribution in [-0.2, 0) is 11.3 Å². The minimum absolute atomic E-state index is 0.118. The van der Waals surface area contributed by atoms with Crippen molar-refractivity contribution >= 4 is 5.91 Å². The fourth-order valence-corrected chi connectivity index (χ4v) is 3.53. The zero-order valence-corrected chi connectivity index (χ0v) is 12.9. The van der Waals surface area contributed by atoms with Crippen molar-refractivity contribution in [2.45, 2.75) is 32.4 Å². The van der Waals surface area contributed by atoms with Crippen molar-refractivity contribution in [2.24, 2.45) is 11.8 Å². The summed E-state index contributed by atoms with van der Waals surface area (Å²) in [5.41, 5.74) is 2.09. The van der Waals surface area contributed by atoms with Gasteiger partial charge in [0.25, 0.3) is 0 Å². The summed E-state index contributed by atoms with van der Waals surface area (Å²) in [4.78, 5) is 13.8. The lowest BCUT2D eigenvalue weighted by Gasteiger charge is -2.18. The molecule has 0 aromatic heterocycles. The molecule has 1 aromatic rings. The number of nitrogens with one attached hydrogen (secondary N) is 1. The second-order valence-corrected chi connectivity index (χ2v) is 6.60. The molecule has 1 heterocycles. The van der Waals surface area contributed by atoms with Gasteiger partial charge in [-0.05, 0) is 54.9 Å². The van der Waals surface area contributed by atoms with E-state index < -0.39 is 6.61 Å². The van der Waals surface area contributed by atoms with Crippen LogP contribution in [0.15, 0.2) is 18.2 Å². The number of halogens is 1. The maximum absolute atomic E-state index is 13.2. The SMILES string of the molecule is Cc1cc(F)ccc1CN1CC(NC(=O)CO)C(C2CC2)C1. The Kier molecular flexibility index (Phi) is 4.45. The Labute approximate surface area is 130 Å². The molecule has 1 aromatic carbocycles. The van der Waals surface area contributed by atoms with Crippen LogP contribution in [0.1, 0.15) is 24.0 Å². The number of aryl methyl sites for hydroxylation is 1. The number of benzene rings is 1. The van der Waals surface area contributed by atoms with Gasteiger partial charge in [-0.1, -0.05) is 6.07 Å². The molecule has 4 nitrogen and oxygen atoms in total. The first-order valence-electron chi connectivity index (χ1n) is 7.94. The van der Waals surface area contributed by atoms with E-state index in [2.05, 4.69) is 10.2 Å². The van der Waals surface area contributed by atoms with Gasteiger partial charge in [-0.15, -0.1) is 0 Å². The molecule has 0 bridgehead atoms. The number of rotatable bonds is 5. The summed E-state index contributed by atoms with van der Waals surface area (Å²) < 4.78 is 13.2. The van der Waals surface area contributed by atoms with E-state index in [9.17, 15) is 9.18 Å². The van der Waals surface area contributed by atoms with E-state index in [-0.39, 0.29) is 17.8 Å². The van der Waals surface area contributed by atoms with Crippen molar-refractivity contribution in [3.8, 4) is 0 Å². The van der Waals surface area contributed by atoms with Gasteiger partial charge in [0.05, 0.1) is 0 Å². The number of amides is 1. The zero-order valence-electron chi connectivity index (χ0n) is 12.9. The summed E-state index contributed by atoms with van der Waals surface area (Å²) in [7, 11) is 0. The normalized spacial score (nSPS) is 25.4. The van der Waals surface area contributed by atoms with Crippen LogP contribution in [0.4, 0.5) is 4.39 Å². The van der Waals surface area contributed by atoms with Crippen LogP contribution in [0.3, 0.4) is 0 Å². The Hall–Kier alpha value is -1.46. The number of carbonyl (C=O) groups is 1. The van der Waals surface area contributed by atoms with Crippen LogP contribution in [0.2, 0.25) is 0 Å². The predicted octanol–water partition coefficient (Wildman–Crippen LogP) is 1.45. The van der Waals surface area contributed by atoms with Crippen molar-refractivity contribution in [3.63, 3.8) is 0 Å². The smallest absolute Gasteiger partial charge is 0.245 e. The van der Waals surface area contributed by atoms with Crippen molar-refractivity contribution < 1.29 is 14.3 Å². The number of aliphatic hydroxyl groups is 1. The maximum atomic E-state index is 13.2. The second-order valence-electron chi connectivity index (χ2n) is 6.60. The molecule has 5 heteroatoms. The monoisotopic (exact) mass is 306 g/mol. The molecule has 1 aliphatic carbocycles. The average molecular weight is 306 g/mol. The number of likely N-dealkylation sites (tertiary alicyclic amines) is 1. The van der Waals surface area contributed by atoms with Gasteiger partial charge in [-0.3, -0.25) is 9.69 Å². The van der Waals surface area contributed by atoms with E-state index in [1.165, 1.54) is 18.9 Å². The Balaban J connectivity index is 1.66. The molecule has 1 amide bonds. The van der Waals surface area contributed by atoms with E-state index in [0.717, 1.165) is 30.8 Å². The zero-order chi connectivity index (χ0) is 15.7. The third kappa shape index (κ3) is 3.47. The highest BCUT2D eigenvalue weighted by atomic mass is 19.1. The van der Waals surface area contributed by atoms with Gasteiger partial charge in [0.15, 0.2) is 0 Å². The van der Waals surface area contributed by atoms with Gasteiger partial charge in [0, 0.05) is 25.7 Å². The van der Waals surface area contributed by atoms with E-state index in [1.54, 1.807) is 6.07 Å². The van der Waals surface area contributed by atoms with Crippen LogP contribution in [0.5, 0.6) is 0 Å². The molecule has 2 fully saturated rings. The van der Waals surface area contributed by atoms with Crippen LogP contribution in [0, 0.1) is 24.6 Å². The lowest BCUT2D eigenvalue weighted by Crippen LogP contribution is -2.42. The fourth-order valence-electron chi connectivity index (χ4n) is 3.53. The van der Waals surface area contributed by atoms with Gasteiger partial charge in [-0.2, -0.15) is 0 Å². The van der Waals surface area contributed by atoms with Gasteiger partial charge in [-0.25, -0.2) is 4.39 Å². The molecule has 3 rings (SSSR count). The van der Waals surface area contributed by atoms with Crippen molar-refractivity contribution in [1.29, 1.82) is 0 Å². The van der Waals surface area contributed by atoms with E-state index in [1.807, 2.05) is 13.0 Å². The Morgan fingerprint density at radius 2 is 2.18 bits per heavy atom. The van der Waals surface area contributed by atoms with Crippen LogP contribution >= 0.6 is 0 Å². The first-order chi connectivity index (χ1) is 10.6. The van der Waals surface area contributed by atoms with E-state index >= 15 is 0 Å². The molecule has 1 aliphatic heterocycles. The summed E-state index contributed by atoms with van der Waals surface area (Å²) in [6, 6.07) is 5.03. The molecule has 1 saturated heterocycles. The van der Waals surface area contributed by atoms with Crippen molar-refractivity contribution in [2.75, 3.05) is 19.7 Å². The summed E-state index contributed by atoms with van der Waals surface area (Å²) in [6.45, 7) is 4.01. The molecule has 2 N–H and O–H groups in total. The number of hydrogen-bond acceptors (Lipinski definition) is 3. The molecule has 120 valence electrons. The van der Waals surface area contributed by atoms with E-state index in [4.69, 9.17) is 5.11 Å².